The van der Waals surface area contributed by atoms with E-state index in [4.69, 9.17) is 16.2 Å². The van der Waals surface area contributed by atoms with Crippen LogP contribution in [0.5, 0.6) is 5.75 Å². The van der Waals surface area contributed by atoms with E-state index in [1.165, 1.54) is 11.3 Å². The second-order valence-corrected chi connectivity index (χ2v) is 7.66. The van der Waals surface area contributed by atoms with Crippen LogP contribution in [0.25, 0.3) is 0 Å². The molecule has 0 aromatic carbocycles. The van der Waals surface area contributed by atoms with Gasteiger partial charge >= 0.3 is 0 Å². The predicted molar refractivity (Wildman–Crippen MR) is 88.2 cm³/mol. The molecule has 5 nitrogen and oxygen atoms in total. The van der Waals surface area contributed by atoms with Gasteiger partial charge in [0.05, 0.1) is 6.10 Å². The van der Waals surface area contributed by atoms with Crippen molar-refractivity contribution in [2.24, 2.45) is 11.1 Å². The van der Waals surface area contributed by atoms with Crippen LogP contribution in [0.15, 0.2) is 0 Å². The summed E-state index contributed by atoms with van der Waals surface area (Å²) >= 11 is 1.34. The van der Waals surface area contributed by atoms with Gasteiger partial charge in [-0.1, -0.05) is 13.8 Å². The molecule has 0 radical (unpaired) electrons. The van der Waals surface area contributed by atoms with E-state index in [0.717, 1.165) is 30.9 Å². The molecule has 0 unspecified atom stereocenters. The van der Waals surface area contributed by atoms with Gasteiger partial charge in [-0.3, -0.25) is 4.79 Å². The van der Waals surface area contributed by atoms with Crippen LogP contribution >= 0.6 is 11.3 Å². The average molecular weight is 311 g/mol. The molecule has 0 saturated carbocycles. The van der Waals surface area contributed by atoms with Gasteiger partial charge in [0.25, 0.3) is 5.91 Å². The highest BCUT2D eigenvalue weighted by Gasteiger charge is 2.30. The Morgan fingerprint density at radius 1 is 1.33 bits per heavy atom. The fraction of sp³-hybridized carbons (Fsp3) is 0.667. The van der Waals surface area contributed by atoms with Crippen molar-refractivity contribution in [1.82, 2.24) is 0 Å². The molecule has 1 aromatic heterocycles. The van der Waals surface area contributed by atoms with Crippen LogP contribution in [0.2, 0.25) is 0 Å². The van der Waals surface area contributed by atoms with Gasteiger partial charge in [0.1, 0.15) is 15.6 Å². The number of hydrogen-bond acceptors (Lipinski definition) is 5. The molecule has 1 amide bonds. The quantitative estimate of drug-likeness (QED) is 0.896. The SMILES string of the molecule is CC(C)Oc1c(N2CCC(C)(C)CC2)sc(C(N)=O)c1N. The minimum atomic E-state index is -0.491. The molecule has 6 heteroatoms. The number of carbonyl (C=O) groups is 1. The minimum absolute atomic E-state index is 0.00241. The van der Waals surface area contributed by atoms with Gasteiger partial charge in [-0.15, -0.1) is 11.3 Å². The van der Waals surface area contributed by atoms with Gasteiger partial charge in [-0.25, -0.2) is 0 Å². The van der Waals surface area contributed by atoms with Crippen molar-refractivity contribution in [2.45, 2.75) is 46.6 Å². The molecule has 118 valence electrons. The second kappa shape index (κ2) is 5.75. The maximum Gasteiger partial charge on any atom is 0.261 e. The standard InChI is InChI=1S/C15H25N3O2S/c1-9(2)20-11-10(16)12(13(17)19)21-14(11)18-7-5-15(3,4)6-8-18/h9H,5-8,16H2,1-4H3,(H2,17,19). The third kappa shape index (κ3) is 3.43. The molecule has 1 aliphatic heterocycles. The number of amides is 1. The number of rotatable bonds is 4. The smallest absolute Gasteiger partial charge is 0.261 e. The lowest BCUT2D eigenvalue weighted by molar-refractivity contribution is 0.100. The average Bonchev–Trinajstić information content (AvgIpc) is 2.67. The Kier molecular flexibility index (Phi) is 4.37. The number of anilines is 2. The number of primary amides is 1. The summed E-state index contributed by atoms with van der Waals surface area (Å²) in [6, 6.07) is 0. The van der Waals surface area contributed by atoms with Crippen molar-refractivity contribution in [3.8, 4) is 5.75 Å². The van der Waals surface area contributed by atoms with Crippen LogP contribution in [0, 0.1) is 5.41 Å². The zero-order chi connectivity index (χ0) is 15.8. The zero-order valence-corrected chi connectivity index (χ0v) is 14.0. The third-order valence-corrected chi connectivity index (χ3v) is 5.13. The van der Waals surface area contributed by atoms with E-state index >= 15 is 0 Å². The molecule has 0 aliphatic carbocycles. The summed E-state index contributed by atoms with van der Waals surface area (Å²) in [6.07, 6.45) is 2.22. The van der Waals surface area contributed by atoms with E-state index in [0.29, 0.717) is 21.7 Å². The minimum Gasteiger partial charge on any atom is -0.486 e. The first-order chi connectivity index (χ1) is 9.71. The maximum absolute atomic E-state index is 11.5. The lowest BCUT2D eigenvalue weighted by Gasteiger charge is -2.37. The molecule has 2 heterocycles. The second-order valence-electron chi connectivity index (χ2n) is 6.66. The van der Waals surface area contributed by atoms with Crippen molar-refractivity contribution < 1.29 is 9.53 Å². The van der Waals surface area contributed by atoms with Crippen LogP contribution in [0.4, 0.5) is 10.7 Å². The van der Waals surface area contributed by atoms with E-state index in [1.54, 1.807) is 0 Å². The summed E-state index contributed by atoms with van der Waals surface area (Å²) < 4.78 is 5.85. The number of nitrogens with two attached hydrogens (primary N) is 2. The Morgan fingerprint density at radius 3 is 2.38 bits per heavy atom. The van der Waals surface area contributed by atoms with E-state index < -0.39 is 5.91 Å². The first kappa shape index (κ1) is 15.9. The lowest BCUT2D eigenvalue weighted by atomic mass is 9.83. The molecule has 1 fully saturated rings. The molecular formula is C15H25N3O2S. The molecule has 0 atom stereocenters. The van der Waals surface area contributed by atoms with Gasteiger partial charge in [0.2, 0.25) is 0 Å². The number of nitrogen functional groups attached to an aromatic ring is 1. The van der Waals surface area contributed by atoms with E-state index in [1.807, 2.05) is 13.8 Å². The first-order valence-electron chi connectivity index (χ1n) is 7.35. The Hall–Kier alpha value is -1.43. The number of hydrogen-bond donors (Lipinski definition) is 2. The number of piperidine rings is 1. The number of thiophene rings is 1. The van der Waals surface area contributed by atoms with Gasteiger partial charge in [-0.2, -0.15) is 0 Å². The first-order valence-corrected chi connectivity index (χ1v) is 8.16. The van der Waals surface area contributed by atoms with Crippen molar-refractivity contribution in [3.63, 3.8) is 0 Å². The summed E-state index contributed by atoms with van der Waals surface area (Å²) in [5, 5.41) is 0.936. The predicted octanol–water partition coefficient (Wildman–Crippen LogP) is 2.84. The zero-order valence-electron chi connectivity index (χ0n) is 13.2. The summed E-state index contributed by atoms with van der Waals surface area (Å²) in [5.74, 6) is 0.123. The van der Waals surface area contributed by atoms with Gasteiger partial charge in [0.15, 0.2) is 5.75 Å². The summed E-state index contributed by atoms with van der Waals surface area (Å²) in [5.41, 5.74) is 12.2. The molecule has 0 bridgehead atoms. The Labute approximate surface area is 130 Å². The molecule has 1 aliphatic rings. The third-order valence-electron chi connectivity index (χ3n) is 3.86. The molecular weight excluding hydrogens is 286 g/mol. The molecule has 1 aromatic rings. The van der Waals surface area contributed by atoms with Crippen molar-refractivity contribution in [1.29, 1.82) is 0 Å². The van der Waals surface area contributed by atoms with Gasteiger partial charge in [0, 0.05) is 13.1 Å². The molecule has 21 heavy (non-hydrogen) atoms. The molecule has 1 saturated heterocycles. The number of nitrogens with zero attached hydrogens (tertiary/aromatic N) is 1. The maximum atomic E-state index is 11.5. The van der Waals surface area contributed by atoms with Crippen LogP contribution in [0.1, 0.15) is 50.2 Å². The van der Waals surface area contributed by atoms with Crippen LogP contribution in [0.3, 0.4) is 0 Å². The van der Waals surface area contributed by atoms with Crippen LogP contribution < -0.4 is 21.1 Å². The lowest BCUT2D eigenvalue weighted by Crippen LogP contribution is -2.37. The Bertz CT molecular complexity index is 527. The topological polar surface area (TPSA) is 81.6 Å². The fourth-order valence-corrected chi connectivity index (χ4v) is 3.53. The number of ether oxygens (including phenoxy) is 1. The number of carbonyl (C=O) groups excluding carboxylic acids is 1. The highest BCUT2D eigenvalue weighted by Crippen LogP contribution is 2.47. The Balaban J connectivity index is 2.33. The van der Waals surface area contributed by atoms with Gasteiger partial charge in [-0.05, 0) is 32.1 Å². The molecule has 0 spiro atoms. The van der Waals surface area contributed by atoms with E-state index in [2.05, 4.69) is 18.7 Å². The largest absolute Gasteiger partial charge is 0.486 e. The van der Waals surface area contributed by atoms with Crippen molar-refractivity contribution in [2.75, 3.05) is 23.7 Å². The van der Waals surface area contributed by atoms with Gasteiger partial charge < -0.3 is 21.1 Å². The van der Waals surface area contributed by atoms with E-state index in [9.17, 15) is 4.79 Å². The highest BCUT2D eigenvalue weighted by atomic mass is 32.1. The highest BCUT2D eigenvalue weighted by molar-refractivity contribution is 7.19. The van der Waals surface area contributed by atoms with Crippen LogP contribution in [-0.4, -0.2) is 25.1 Å². The molecule has 2 rings (SSSR count). The summed E-state index contributed by atoms with van der Waals surface area (Å²) in [7, 11) is 0. The molecule has 4 N–H and O–H groups in total. The summed E-state index contributed by atoms with van der Waals surface area (Å²) in [6.45, 7) is 10.4. The van der Waals surface area contributed by atoms with Crippen molar-refractivity contribution in [3.05, 3.63) is 4.88 Å². The monoisotopic (exact) mass is 311 g/mol. The van der Waals surface area contributed by atoms with Crippen molar-refractivity contribution >= 4 is 27.9 Å². The summed E-state index contributed by atoms with van der Waals surface area (Å²) in [4.78, 5) is 14.2. The normalized spacial score (nSPS) is 18.0. The fourth-order valence-electron chi connectivity index (χ4n) is 2.47. The van der Waals surface area contributed by atoms with Crippen LogP contribution in [-0.2, 0) is 0 Å². The van der Waals surface area contributed by atoms with E-state index in [-0.39, 0.29) is 6.10 Å². The Morgan fingerprint density at radius 2 is 1.90 bits per heavy atom.